The molecule has 38 heavy (non-hydrogen) atoms. The van der Waals surface area contributed by atoms with Gasteiger partial charge < -0.3 is 30.2 Å². The maximum atomic E-state index is 12.4. The summed E-state index contributed by atoms with van der Waals surface area (Å²) in [4.78, 5) is 50.6. The quantitative estimate of drug-likeness (QED) is 0.265. The molecule has 1 fully saturated rings. The minimum Gasteiger partial charge on any atom is -0.388 e. The maximum Gasteiger partial charge on any atom is 0.263 e. The second-order valence-electron chi connectivity index (χ2n) is 8.67. The predicted molar refractivity (Wildman–Crippen MR) is 144 cm³/mol. The number of methoxy groups -OCH3 is 2. The van der Waals surface area contributed by atoms with E-state index in [1.165, 1.54) is 11.3 Å². The van der Waals surface area contributed by atoms with Crippen LogP contribution in [0.5, 0.6) is 0 Å². The van der Waals surface area contributed by atoms with Gasteiger partial charge >= 0.3 is 0 Å². The van der Waals surface area contributed by atoms with Gasteiger partial charge in [-0.1, -0.05) is 30.3 Å². The molecule has 0 radical (unpaired) electrons. The molecular weight excluding hydrogens is 512 g/mol. The predicted octanol–water partition coefficient (Wildman–Crippen LogP) is 1.30. The summed E-state index contributed by atoms with van der Waals surface area (Å²) in [6, 6.07) is 8.79. The number of hydrogen-bond acceptors (Lipinski definition) is 9. The van der Waals surface area contributed by atoms with Crippen molar-refractivity contribution in [3.05, 3.63) is 52.0 Å². The average Bonchev–Trinajstić information content (AvgIpc) is 3.49. The van der Waals surface area contributed by atoms with Gasteiger partial charge in [0.05, 0.1) is 37.0 Å². The van der Waals surface area contributed by atoms with Crippen molar-refractivity contribution in [1.29, 1.82) is 0 Å². The molecule has 210 valence electrons. The van der Waals surface area contributed by atoms with Crippen LogP contribution in [0, 0.1) is 6.92 Å². The number of carbonyl (C=O) groups is 4. The number of Topliss-reactive ketones (excluding diaryl/α,β-unsaturated/α-hetero) is 1. The van der Waals surface area contributed by atoms with Gasteiger partial charge in [-0.05, 0) is 32.8 Å². The first-order valence-electron chi connectivity index (χ1n) is 11.9. The molecule has 3 rings (SSSR count). The van der Waals surface area contributed by atoms with Crippen LogP contribution in [0.15, 0.2) is 36.5 Å². The molecule has 0 unspecified atom stereocenters. The average molecular weight is 551 g/mol. The Morgan fingerprint density at radius 1 is 1.18 bits per heavy atom. The van der Waals surface area contributed by atoms with Crippen molar-refractivity contribution >= 4 is 35.3 Å². The van der Waals surface area contributed by atoms with E-state index in [2.05, 4.69) is 25.7 Å². The summed E-state index contributed by atoms with van der Waals surface area (Å²) in [7, 11) is 4.86. The number of carbonyl (C=O) groups excluding carboxylic acids is 4. The van der Waals surface area contributed by atoms with E-state index in [9.17, 15) is 19.2 Å². The zero-order chi connectivity index (χ0) is 28.6. The zero-order valence-corrected chi connectivity index (χ0v) is 23.6. The molecule has 1 aliphatic rings. The van der Waals surface area contributed by atoms with Gasteiger partial charge in [-0.2, -0.15) is 0 Å². The molecule has 1 aromatic heterocycles. The number of aromatic nitrogens is 1. The van der Waals surface area contributed by atoms with Crippen molar-refractivity contribution < 1.29 is 33.4 Å². The van der Waals surface area contributed by atoms with Crippen molar-refractivity contribution in [1.82, 2.24) is 20.9 Å². The van der Waals surface area contributed by atoms with Crippen molar-refractivity contribution in [2.75, 3.05) is 41.1 Å². The molecule has 1 saturated heterocycles. The number of epoxide rings is 1. The van der Waals surface area contributed by atoms with Gasteiger partial charge in [0, 0.05) is 27.4 Å². The monoisotopic (exact) mass is 550 g/mol. The smallest absolute Gasteiger partial charge is 0.263 e. The summed E-state index contributed by atoms with van der Waals surface area (Å²) in [6.07, 6.45) is 2.43. The Kier molecular flexibility index (Phi) is 15.0. The molecule has 3 amide bonds. The van der Waals surface area contributed by atoms with E-state index < -0.39 is 17.6 Å². The number of nitrogens with one attached hydrogen (secondary N) is 3. The highest BCUT2D eigenvalue weighted by Gasteiger charge is 2.49. The van der Waals surface area contributed by atoms with Gasteiger partial charge in [0.25, 0.3) is 5.91 Å². The number of aryl methyl sites for hydroxylation is 1. The molecule has 0 saturated carbocycles. The molecule has 0 aliphatic carbocycles. The Morgan fingerprint density at radius 3 is 2.32 bits per heavy atom. The molecule has 3 atom stereocenters. The molecule has 0 bridgehead atoms. The van der Waals surface area contributed by atoms with Crippen LogP contribution in [0.2, 0.25) is 0 Å². The number of rotatable bonds is 12. The number of amides is 3. The molecule has 11 nitrogen and oxygen atoms in total. The van der Waals surface area contributed by atoms with E-state index in [4.69, 9.17) is 9.47 Å². The summed E-state index contributed by atoms with van der Waals surface area (Å²) >= 11 is 1.39. The molecular formula is C26H38N4O7S. The largest absolute Gasteiger partial charge is 0.388 e. The van der Waals surface area contributed by atoms with E-state index in [0.29, 0.717) is 30.9 Å². The Balaban J connectivity index is 0.000000368. The maximum absolute atomic E-state index is 12.4. The molecule has 2 aromatic rings. The molecule has 1 aliphatic heterocycles. The van der Waals surface area contributed by atoms with E-state index in [1.54, 1.807) is 34.4 Å². The third-order valence-corrected chi connectivity index (χ3v) is 5.93. The van der Waals surface area contributed by atoms with E-state index in [1.807, 2.05) is 44.2 Å². The lowest BCUT2D eigenvalue weighted by molar-refractivity contribution is -0.130. The number of ether oxygens (including phenoxy) is 3. The van der Waals surface area contributed by atoms with Crippen molar-refractivity contribution in [2.24, 2.45) is 0 Å². The highest BCUT2D eigenvalue weighted by atomic mass is 32.1. The fraction of sp³-hybridized carbons (Fsp3) is 0.500. The summed E-state index contributed by atoms with van der Waals surface area (Å²) in [5.41, 5.74) is 0.147. The first-order valence-corrected chi connectivity index (χ1v) is 12.7. The first-order chi connectivity index (χ1) is 18.1. The summed E-state index contributed by atoms with van der Waals surface area (Å²) in [5, 5.41) is 8.65. The second kappa shape index (κ2) is 17.3. The lowest BCUT2D eigenvalue weighted by Crippen LogP contribution is -2.49. The van der Waals surface area contributed by atoms with E-state index in [0.717, 1.165) is 10.6 Å². The minimum atomic E-state index is -0.801. The van der Waals surface area contributed by atoms with Crippen molar-refractivity contribution in [2.45, 2.75) is 44.9 Å². The van der Waals surface area contributed by atoms with Gasteiger partial charge in [-0.3, -0.25) is 19.2 Å². The third-order valence-electron chi connectivity index (χ3n) is 5.02. The Morgan fingerprint density at radius 2 is 1.82 bits per heavy atom. The Labute approximate surface area is 227 Å². The Bertz CT molecular complexity index is 1010. The van der Waals surface area contributed by atoms with Crippen LogP contribution in [0.25, 0.3) is 0 Å². The number of benzene rings is 1. The number of ketones is 1. The van der Waals surface area contributed by atoms with Crippen LogP contribution in [0.4, 0.5) is 0 Å². The van der Waals surface area contributed by atoms with Crippen LogP contribution in [-0.2, 0) is 35.0 Å². The first kappa shape index (κ1) is 32.8. The summed E-state index contributed by atoms with van der Waals surface area (Å²) in [6.45, 7) is 6.22. The normalized spacial score (nSPS) is 16.8. The number of thiazole rings is 1. The molecule has 3 N–H and O–H groups in total. The molecule has 0 spiro atoms. The number of nitrogens with zero attached hydrogens (tertiary/aromatic N) is 1. The fourth-order valence-electron chi connectivity index (χ4n) is 3.11. The minimum absolute atomic E-state index is 0.0231. The van der Waals surface area contributed by atoms with Crippen LogP contribution < -0.4 is 16.0 Å². The van der Waals surface area contributed by atoms with E-state index in [-0.39, 0.29) is 24.3 Å². The Hall–Kier alpha value is -3.19. The zero-order valence-electron chi connectivity index (χ0n) is 22.7. The molecule has 2 heterocycles. The van der Waals surface area contributed by atoms with Gasteiger partial charge in [-0.15, -0.1) is 11.3 Å². The van der Waals surface area contributed by atoms with Gasteiger partial charge in [0.15, 0.2) is 5.78 Å². The number of hydrogen-bond donors (Lipinski definition) is 3. The topological polar surface area (TPSA) is 148 Å². The van der Waals surface area contributed by atoms with Crippen LogP contribution in [0.1, 0.15) is 34.1 Å². The SMILES string of the molecule is COC.COC[C@@H](C)NC(=O)c1cnc(C)s1.C[C@]1(C(=O)[C@H](Cc2ccccc2)NC(=O)CNC=O)CO1. The fourth-order valence-corrected chi connectivity index (χ4v) is 3.79. The highest BCUT2D eigenvalue weighted by Crippen LogP contribution is 2.29. The van der Waals surface area contributed by atoms with Crippen LogP contribution >= 0.6 is 11.3 Å². The molecule has 12 heteroatoms. The molecule has 1 aromatic carbocycles. The van der Waals surface area contributed by atoms with Crippen LogP contribution in [0.3, 0.4) is 0 Å². The standard InChI is InChI=1S/C15H18N2O4.C9H14N2O2S.C2H6O/c1-15(9-21-15)14(20)12(17-13(19)8-16-10-18)7-11-5-3-2-4-6-11;1-6(5-13-3)11-9(12)8-4-10-7(2)14-8;1-3-2/h2-6,10,12H,7-9H2,1H3,(H,16,18)(H,17,19);4,6H,5H2,1-3H3,(H,11,12);1-2H3/t12-,15+;6-;/m01./s1. The van der Waals surface area contributed by atoms with Gasteiger partial charge in [0.2, 0.25) is 12.3 Å². The van der Waals surface area contributed by atoms with Gasteiger partial charge in [0.1, 0.15) is 10.5 Å². The third kappa shape index (κ3) is 12.4. The summed E-state index contributed by atoms with van der Waals surface area (Å²) < 4.78 is 14.3. The van der Waals surface area contributed by atoms with E-state index >= 15 is 0 Å². The lowest BCUT2D eigenvalue weighted by Gasteiger charge is -2.19. The van der Waals surface area contributed by atoms with Gasteiger partial charge in [-0.25, -0.2) is 4.98 Å². The van der Waals surface area contributed by atoms with Crippen molar-refractivity contribution in [3.8, 4) is 0 Å². The lowest BCUT2D eigenvalue weighted by atomic mass is 9.95. The highest BCUT2D eigenvalue weighted by molar-refractivity contribution is 7.13. The summed E-state index contributed by atoms with van der Waals surface area (Å²) in [5.74, 6) is -0.633. The van der Waals surface area contributed by atoms with Crippen molar-refractivity contribution in [3.63, 3.8) is 0 Å². The second-order valence-corrected chi connectivity index (χ2v) is 9.91. The van der Waals surface area contributed by atoms with Crippen LogP contribution in [-0.4, -0.2) is 87.8 Å².